The van der Waals surface area contributed by atoms with E-state index in [2.05, 4.69) is 40.6 Å². The molecule has 134 valence electrons. The fourth-order valence-electron chi connectivity index (χ4n) is 2.36. The molecular weight excluding hydrogens is 386 g/mol. The third kappa shape index (κ3) is 5.09. The molecule has 0 fully saturated rings. The third-order valence-electron chi connectivity index (χ3n) is 3.67. The van der Waals surface area contributed by atoms with Gasteiger partial charge in [0.2, 0.25) is 0 Å². The second-order valence-electron chi connectivity index (χ2n) is 6.14. The second-order valence-corrected chi connectivity index (χ2v) is 7.06. The Balaban J connectivity index is 1.90. The normalized spacial score (nSPS) is 10.6. The van der Waals surface area contributed by atoms with Gasteiger partial charge in [-0.1, -0.05) is 26.0 Å². The standard InChI is InChI=1S/C18H22BrN3O3/c1-11(2)14-6-5-12(3)7-16(14)25-10-17(23)20-21-18(24)15-8-13(19)9-22(15)4/h5-9,11H,10H2,1-4H3,(H,20,23)(H,21,24). The van der Waals surface area contributed by atoms with Crippen LogP contribution in [0.4, 0.5) is 0 Å². The van der Waals surface area contributed by atoms with Gasteiger partial charge in [0.1, 0.15) is 11.4 Å². The van der Waals surface area contributed by atoms with Crippen LogP contribution < -0.4 is 15.6 Å². The van der Waals surface area contributed by atoms with Gasteiger partial charge in [-0.05, 0) is 52.0 Å². The van der Waals surface area contributed by atoms with Gasteiger partial charge in [-0.15, -0.1) is 0 Å². The highest BCUT2D eigenvalue weighted by atomic mass is 79.9. The van der Waals surface area contributed by atoms with E-state index in [0.29, 0.717) is 11.4 Å². The Hall–Kier alpha value is -2.28. The number of ether oxygens (including phenoxy) is 1. The molecule has 7 heteroatoms. The van der Waals surface area contributed by atoms with Crippen molar-refractivity contribution in [3.8, 4) is 5.75 Å². The first-order valence-corrected chi connectivity index (χ1v) is 8.71. The Morgan fingerprint density at radius 3 is 2.56 bits per heavy atom. The summed E-state index contributed by atoms with van der Waals surface area (Å²) >= 11 is 3.30. The van der Waals surface area contributed by atoms with Crippen LogP contribution in [-0.2, 0) is 11.8 Å². The van der Waals surface area contributed by atoms with Crippen LogP contribution >= 0.6 is 15.9 Å². The molecule has 2 rings (SSSR count). The summed E-state index contributed by atoms with van der Waals surface area (Å²) in [5.74, 6) is 0.134. The van der Waals surface area contributed by atoms with Crippen molar-refractivity contribution in [1.82, 2.24) is 15.4 Å². The van der Waals surface area contributed by atoms with Crippen LogP contribution in [0.1, 0.15) is 41.4 Å². The van der Waals surface area contributed by atoms with Crippen LogP contribution in [0.15, 0.2) is 34.9 Å². The van der Waals surface area contributed by atoms with Gasteiger partial charge in [0.05, 0.1) is 0 Å². The Bertz CT molecular complexity index is 784. The Kier molecular flexibility index (Phi) is 6.25. The average molecular weight is 408 g/mol. The largest absolute Gasteiger partial charge is 0.483 e. The van der Waals surface area contributed by atoms with Crippen molar-refractivity contribution in [2.45, 2.75) is 26.7 Å². The Morgan fingerprint density at radius 2 is 1.96 bits per heavy atom. The molecule has 0 spiro atoms. The Labute approximate surface area is 155 Å². The molecule has 0 saturated heterocycles. The van der Waals surface area contributed by atoms with Crippen molar-refractivity contribution in [3.05, 3.63) is 51.8 Å². The van der Waals surface area contributed by atoms with E-state index < -0.39 is 11.8 Å². The van der Waals surface area contributed by atoms with E-state index in [-0.39, 0.29) is 12.5 Å². The van der Waals surface area contributed by atoms with Crippen LogP contribution in [0, 0.1) is 6.92 Å². The number of nitrogens with one attached hydrogen (secondary N) is 2. The molecule has 2 amide bonds. The summed E-state index contributed by atoms with van der Waals surface area (Å²) < 4.78 is 8.07. The van der Waals surface area contributed by atoms with Crippen LogP contribution in [-0.4, -0.2) is 23.0 Å². The zero-order chi connectivity index (χ0) is 18.6. The number of carbonyl (C=O) groups is 2. The first-order valence-electron chi connectivity index (χ1n) is 7.92. The van der Waals surface area contributed by atoms with Gasteiger partial charge >= 0.3 is 0 Å². The summed E-state index contributed by atoms with van der Waals surface area (Å²) in [7, 11) is 1.75. The molecular formula is C18H22BrN3O3. The molecule has 25 heavy (non-hydrogen) atoms. The Morgan fingerprint density at radius 1 is 1.24 bits per heavy atom. The highest BCUT2D eigenvalue weighted by Gasteiger charge is 2.13. The molecule has 2 N–H and O–H groups in total. The molecule has 6 nitrogen and oxygen atoms in total. The molecule has 0 aliphatic rings. The zero-order valence-corrected chi connectivity index (χ0v) is 16.3. The van der Waals surface area contributed by atoms with Gasteiger partial charge in [0.25, 0.3) is 11.8 Å². The lowest BCUT2D eigenvalue weighted by Gasteiger charge is -2.15. The van der Waals surface area contributed by atoms with Crippen molar-refractivity contribution in [1.29, 1.82) is 0 Å². The molecule has 2 aromatic rings. The molecule has 0 radical (unpaired) electrons. The molecule has 1 aromatic heterocycles. The summed E-state index contributed by atoms with van der Waals surface area (Å²) in [6.45, 7) is 5.92. The van der Waals surface area contributed by atoms with E-state index in [1.54, 1.807) is 23.9 Å². The highest BCUT2D eigenvalue weighted by Crippen LogP contribution is 2.27. The fourth-order valence-corrected chi connectivity index (χ4v) is 2.89. The van der Waals surface area contributed by atoms with Crippen LogP contribution in [0.25, 0.3) is 0 Å². The number of hydrogen-bond acceptors (Lipinski definition) is 3. The van der Waals surface area contributed by atoms with Crippen molar-refractivity contribution in [3.63, 3.8) is 0 Å². The van der Waals surface area contributed by atoms with Crippen LogP contribution in [0.2, 0.25) is 0 Å². The maximum Gasteiger partial charge on any atom is 0.286 e. The van der Waals surface area contributed by atoms with Gasteiger partial charge < -0.3 is 9.30 Å². The maximum atomic E-state index is 12.0. The second kappa shape index (κ2) is 8.20. The lowest BCUT2D eigenvalue weighted by Crippen LogP contribution is -2.44. The fraction of sp³-hybridized carbons (Fsp3) is 0.333. The lowest BCUT2D eigenvalue weighted by molar-refractivity contribution is -0.123. The number of aromatic nitrogens is 1. The van der Waals surface area contributed by atoms with Crippen molar-refractivity contribution in [2.75, 3.05) is 6.61 Å². The molecule has 1 heterocycles. The van der Waals surface area contributed by atoms with E-state index in [1.807, 2.05) is 25.1 Å². The van der Waals surface area contributed by atoms with Gasteiger partial charge in [0, 0.05) is 17.7 Å². The molecule has 0 atom stereocenters. The van der Waals surface area contributed by atoms with Gasteiger partial charge in [-0.25, -0.2) is 0 Å². The average Bonchev–Trinajstić information content (AvgIpc) is 2.89. The summed E-state index contributed by atoms with van der Waals surface area (Å²) in [4.78, 5) is 24.0. The van der Waals surface area contributed by atoms with E-state index >= 15 is 0 Å². The molecule has 1 aromatic carbocycles. The van der Waals surface area contributed by atoms with E-state index in [0.717, 1.165) is 15.6 Å². The molecule has 0 aliphatic heterocycles. The van der Waals surface area contributed by atoms with E-state index in [9.17, 15) is 9.59 Å². The topological polar surface area (TPSA) is 72.4 Å². The summed E-state index contributed by atoms with van der Waals surface area (Å²) in [5.41, 5.74) is 7.26. The van der Waals surface area contributed by atoms with Crippen LogP contribution in [0.3, 0.4) is 0 Å². The number of amides is 2. The molecule has 0 aliphatic carbocycles. The number of rotatable bonds is 5. The number of halogens is 1. The number of hydrazine groups is 1. The van der Waals surface area contributed by atoms with Crippen molar-refractivity contribution in [2.24, 2.45) is 7.05 Å². The lowest BCUT2D eigenvalue weighted by atomic mass is 10.0. The van der Waals surface area contributed by atoms with Crippen molar-refractivity contribution >= 4 is 27.7 Å². The van der Waals surface area contributed by atoms with E-state index in [4.69, 9.17) is 4.74 Å². The number of aryl methyl sites for hydroxylation is 2. The first kappa shape index (κ1) is 19.1. The summed E-state index contributed by atoms with van der Waals surface area (Å²) in [6, 6.07) is 7.59. The number of carbonyl (C=O) groups excluding carboxylic acids is 2. The third-order valence-corrected chi connectivity index (χ3v) is 4.10. The monoisotopic (exact) mass is 407 g/mol. The van der Waals surface area contributed by atoms with Crippen molar-refractivity contribution < 1.29 is 14.3 Å². The van der Waals surface area contributed by atoms with E-state index in [1.165, 1.54) is 0 Å². The minimum Gasteiger partial charge on any atom is -0.483 e. The SMILES string of the molecule is Cc1ccc(C(C)C)c(OCC(=O)NNC(=O)c2cc(Br)cn2C)c1. The number of benzene rings is 1. The molecule has 0 saturated carbocycles. The minimum absolute atomic E-state index is 0.180. The predicted molar refractivity (Wildman–Crippen MR) is 99.5 cm³/mol. The van der Waals surface area contributed by atoms with Gasteiger partial charge in [0.15, 0.2) is 6.61 Å². The van der Waals surface area contributed by atoms with Gasteiger partial charge in [-0.3, -0.25) is 20.4 Å². The van der Waals surface area contributed by atoms with Gasteiger partial charge in [-0.2, -0.15) is 0 Å². The smallest absolute Gasteiger partial charge is 0.286 e. The highest BCUT2D eigenvalue weighted by molar-refractivity contribution is 9.10. The predicted octanol–water partition coefficient (Wildman–Crippen LogP) is 3.06. The first-order chi connectivity index (χ1) is 11.8. The minimum atomic E-state index is -0.433. The maximum absolute atomic E-state index is 12.0. The summed E-state index contributed by atoms with van der Waals surface area (Å²) in [6.07, 6.45) is 1.75. The summed E-state index contributed by atoms with van der Waals surface area (Å²) in [5, 5.41) is 0. The quantitative estimate of drug-likeness (QED) is 0.747. The van der Waals surface area contributed by atoms with Crippen LogP contribution in [0.5, 0.6) is 5.75 Å². The number of nitrogens with zero attached hydrogens (tertiary/aromatic N) is 1. The molecule has 0 unspecified atom stereocenters. The molecule has 0 bridgehead atoms. The zero-order valence-electron chi connectivity index (χ0n) is 14.7. The number of hydrogen-bond donors (Lipinski definition) is 2.